The number of hydrogen-bond acceptors (Lipinski definition) is 10. The first-order chi connectivity index (χ1) is 17.3. The molecule has 1 aromatic carbocycles. The molecule has 0 bridgehead atoms. The second-order valence-electron chi connectivity index (χ2n) is 6.64. The molecule has 1 rings (SSSR count). The summed E-state index contributed by atoms with van der Waals surface area (Å²) in [4.78, 5) is 64.2. The van der Waals surface area contributed by atoms with Crippen LogP contribution in [0.2, 0.25) is 0 Å². The fourth-order valence-electron chi connectivity index (χ4n) is 2.01. The van der Waals surface area contributed by atoms with Crippen molar-refractivity contribution in [3.05, 3.63) is 66.0 Å². The van der Waals surface area contributed by atoms with Gasteiger partial charge in [-0.25, -0.2) is 14.4 Å². The van der Waals surface area contributed by atoms with E-state index in [4.69, 9.17) is 0 Å². The first-order valence-electron chi connectivity index (χ1n) is 10.3. The molecule has 1 aromatic rings. The summed E-state index contributed by atoms with van der Waals surface area (Å²) in [5.74, 6) is -2.94. The van der Waals surface area contributed by atoms with Gasteiger partial charge in [0.05, 0.1) is 34.9 Å². The molecule has 202 valence electrons. The molecule has 12 nitrogen and oxygen atoms in total. The second kappa shape index (κ2) is 19.6. The first kappa shape index (κ1) is 34.4. The van der Waals surface area contributed by atoms with Crippen LogP contribution >= 0.6 is 0 Å². The Hall–Kier alpha value is -4.74. The van der Waals surface area contributed by atoms with Crippen molar-refractivity contribution in [2.24, 2.45) is 0 Å². The minimum absolute atomic E-state index is 0.0463. The van der Waals surface area contributed by atoms with E-state index in [-0.39, 0.29) is 35.2 Å². The average molecular weight is 521 g/mol. The SMILES string of the molecule is C=C(CC(=O)OC)C(=O)OC.C=C(NC(C)=O)C(=O)OC.COC(=O)/C(=C/c1ccccc1)NC(C)=O. The van der Waals surface area contributed by atoms with E-state index < -0.39 is 23.9 Å². The van der Waals surface area contributed by atoms with Gasteiger partial charge in [0, 0.05) is 19.4 Å². The lowest BCUT2D eigenvalue weighted by Gasteiger charge is -2.05. The Balaban J connectivity index is 0. The lowest BCUT2D eigenvalue weighted by molar-refractivity contribution is -0.143. The van der Waals surface area contributed by atoms with Crippen molar-refractivity contribution in [2.45, 2.75) is 20.3 Å². The van der Waals surface area contributed by atoms with Crippen molar-refractivity contribution in [2.75, 3.05) is 28.4 Å². The summed E-state index contributed by atoms with van der Waals surface area (Å²) >= 11 is 0. The standard InChI is InChI=1S/C12H13NO3.C7H10O4.C6H9NO3/c1-9(14)13-11(12(15)16-2)8-10-6-4-3-5-7-10;1-5(7(9)11-3)4-6(8)10-2;1-4(6(9)10-3)7-5(2)8/h3-8H,1-2H3,(H,13,14);1,4H2,2-3H3;1H2,2-3H3,(H,7,8)/b11-8-;;. The molecular weight excluding hydrogens is 488 g/mol. The van der Waals surface area contributed by atoms with Crippen LogP contribution in [0, 0.1) is 0 Å². The number of hydrogen-bond donors (Lipinski definition) is 2. The van der Waals surface area contributed by atoms with E-state index in [0.717, 1.165) is 5.56 Å². The van der Waals surface area contributed by atoms with E-state index in [2.05, 4.69) is 42.7 Å². The van der Waals surface area contributed by atoms with Crippen molar-refractivity contribution in [3.8, 4) is 0 Å². The third-order valence-corrected chi connectivity index (χ3v) is 3.64. The van der Waals surface area contributed by atoms with Gasteiger partial charge in [0.2, 0.25) is 11.8 Å². The highest BCUT2D eigenvalue weighted by atomic mass is 16.5. The molecule has 12 heteroatoms. The van der Waals surface area contributed by atoms with Crippen molar-refractivity contribution in [1.82, 2.24) is 10.6 Å². The molecule has 0 saturated carbocycles. The number of rotatable bonds is 8. The Morgan fingerprint density at radius 2 is 1.22 bits per heavy atom. The van der Waals surface area contributed by atoms with Crippen LogP contribution in [0.5, 0.6) is 0 Å². The Morgan fingerprint density at radius 3 is 1.62 bits per heavy atom. The topological polar surface area (TPSA) is 163 Å². The van der Waals surface area contributed by atoms with Gasteiger partial charge in [-0.05, 0) is 11.6 Å². The number of esters is 4. The minimum Gasteiger partial charge on any atom is -0.469 e. The van der Waals surface area contributed by atoms with E-state index >= 15 is 0 Å². The van der Waals surface area contributed by atoms with E-state index in [1.54, 1.807) is 6.08 Å². The van der Waals surface area contributed by atoms with E-state index in [1.807, 2.05) is 30.3 Å². The second-order valence-corrected chi connectivity index (χ2v) is 6.64. The molecule has 2 amide bonds. The largest absolute Gasteiger partial charge is 0.469 e. The fraction of sp³-hybridized carbons (Fsp3) is 0.280. The summed E-state index contributed by atoms with van der Waals surface area (Å²) in [5.41, 5.74) is 0.993. The van der Waals surface area contributed by atoms with Gasteiger partial charge in [0.25, 0.3) is 0 Å². The van der Waals surface area contributed by atoms with Crippen molar-refractivity contribution in [3.63, 3.8) is 0 Å². The summed E-state index contributed by atoms with van der Waals surface area (Å²) in [6.07, 6.45) is 1.44. The maximum Gasteiger partial charge on any atom is 0.354 e. The summed E-state index contributed by atoms with van der Waals surface area (Å²) in [6.45, 7) is 9.22. The highest BCUT2D eigenvalue weighted by molar-refractivity contribution is 5.97. The van der Waals surface area contributed by atoms with Crippen LogP contribution in [0.1, 0.15) is 25.8 Å². The third-order valence-electron chi connectivity index (χ3n) is 3.64. The predicted octanol–water partition coefficient (Wildman–Crippen LogP) is 1.42. The summed E-state index contributed by atoms with van der Waals surface area (Å²) in [5, 5.41) is 4.61. The highest BCUT2D eigenvalue weighted by Gasteiger charge is 2.12. The zero-order valence-corrected chi connectivity index (χ0v) is 21.7. The number of amides is 2. The highest BCUT2D eigenvalue weighted by Crippen LogP contribution is 2.06. The fourth-order valence-corrected chi connectivity index (χ4v) is 2.01. The number of benzene rings is 1. The van der Waals surface area contributed by atoms with Gasteiger partial charge in [0.15, 0.2) is 0 Å². The third kappa shape index (κ3) is 17.4. The predicted molar refractivity (Wildman–Crippen MR) is 133 cm³/mol. The Bertz CT molecular complexity index is 1010. The molecule has 0 spiro atoms. The van der Waals surface area contributed by atoms with Crippen LogP contribution in [0.4, 0.5) is 0 Å². The monoisotopic (exact) mass is 520 g/mol. The van der Waals surface area contributed by atoms with Gasteiger partial charge < -0.3 is 29.6 Å². The van der Waals surface area contributed by atoms with Crippen LogP contribution in [0.3, 0.4) is 0 Å². The molecule has 0 aliphatic carbocycles. The van der Waals surface area contributed by atoms with Gasteiger partial charge >= 0.3 is 23.9 Å². The van der Waals surface area contributed by atoms with Gasteiger partial charge in [-0.1, -0.05) is 43.5 Å². The van der Waals surface area contributed by atoms with E-state index in [1.165, 1.54) is 42.3 Å². The molecule has 2 N–H and O–H groups in total. The Kier molecular flexibility index (Phi) is 18.2. The Labute approximate surface area is 215 Å². The van der Waals surface area contributed by atoms with Gasteiger partial charge in [-0.2, -0.15) is 0 Å². The summed E-state index contributed by atoms with van der Waals surface area (Å²) in [7, 11) is 4.95. The molecule has 0 saturated heterocycles. The number of nitrogens with one attached hydrogen (secondary N) is 2. The maximum atomic E-state index is 11.3. The van der Waals surface area contributed by atoms with Crippen molar-refractivity contribution in [1.29, 1.82) is 0 Å². The van der Waals surface area contributed by atoms with Crippen LogP contribution in [0.25, 0.3) is 6.08 Å². The van der Waals surface area contributed by atoms with E-state index in [9.17, 15) is 28.8 Å². The summed E-state index contributed by atoms with van der Waals surface area (Å²) in [6, 6.07) is 9.20. The molecule has 0 heterocycles. The maximum absolute atomic E-state index is 11.3. The van der Waals surface area contributed by atoms with Crippen LogP contribution < -0.4 is 10.6 Å². The molecular formula is C25H32N2O10. The van der Waals surface area contributed by atoms with Crippen LogP contribution in [0.15, 0.2) is 60.5 Å². The zero-order valence-electron chi connectivity index (χ0n) is 21.7. The average Bonchev–Trinajstić information content (AvgIpc) is 2.87. The zero-order chi connectivity index (χ0) is 29.0. The minimum atomic E-state index is -0.629. The molecule has 0 fully saturated rings. The van der Waals surface area contributed by atoms with Crippen LogP contribution in [-0.2, 0) is 47.7 Å². The molecule has 0 aliphatic rings. The molecule has 0 radical (unpaired) electrons. The number of carbonyl (C=O) groups is 6. The van der Waals surface area contributed by atoms with Crippen molar-refractivity contribution < 1.29 is 47.7 Å². The van der Waals surface area contributed by atoms with Gasteiger partial charge in [0.1, 0.15) is 11.4 Å². The molecule has 0 aliphatic heterocycles. The number of methoxy groups -OCH3 is 4. The van der Waals surface area contributed by atoms with E-state index in [0.29, 0.717) is 0 Å². The molecule has 0 unspecified atom stereocenters. The lowest BCUT2D eigenvalue weighted by atomic mass is 10.2. The Morgan fingerprint density at radius 1 is 0.730 bits per heavy atom. The molecule has 0 atom stereocenters. The number of ether oxygens (including phenoxy) is 4. The molecule has 37 heavy (non-hydrogen) atoms. The van der Waals surface area contributed by atoms with Gasteiger partial charge in [-0.3, -0.25) is 14.4 Å². The lowest BCUT2D eigenvalue weighted by Crippen LogP contribution is -2.25. The van der Waals surface area contributed by atoms with Crippen LogP contribution in [-0.4, -0.2) is 64.1 Å². The quantitative estimate of drug-likeness (QED) is 0.291. The first-order valence-corrected chi connectivity index (χ1v) is 10.3. The van der Waals surface area contributed by atoms with Crippen molar-refractivity contribution >= 4 is 41.8 Å². The smallest absolute Gasteiger partial charge is 0.354 e. The van der Waals surface area contributed by atoms with Gasteiger partial charge in [-0.15, -0.1) is 0 Å². The molecule has 0 aromatic heterocycles. The normalized spacial score (nSPS) is 9.41. The number of carbonyl (C=O) groups excluding carboxylic acids is 6. The summed E-state index contributed by atoms with van der Waals surface area (Å²) < 4.78 is 17.4.